The molecule has 0 radical (unpaired) electrons. The van der Waals surface area contributed by atoms with Gasteiger partial charge in [-0.2, -0.15) is 0 Å². The topological polar surface area (TPSA) is 78.9 Å². The lowest BCUT2D eigenvalue weighted by Crippen LogP contribution is -2.30. The molecule has 1 aliphatic rings. The van der Waals surface area contributed by atoms with Crippen molar-refractivity contribution < 1.29 is 28.6 Å². The van der Waals surface area contributed by atoms with Crippen molar-refractivity contribution in [2.45, 2.75) is 58.5 Å². The molecular formula is C23H28O6. The molecule has 156 valence electrons. The van der Waals surface area contributed by atoms with Crippen LogP contribution in [0.1, 0.15) is 57.6 Å². The van der Waals surface area contributed by atoms with Crippen molar-refractivity contribution in [1.29, 1.82) is 0 Å². The summed E-state index contributed by atoms with van der Waals surface area (Å²) in [6.07, 6.45) is 3.45. The van der Waals surface area contributed by atoms with Crippen molar-refractivity contribution in [3.63, 3.8) is 0 Å². The maximum atomic E-state index is 12.3. The lowest BCUT2D eigenvalue weighted by atomic mass is 9.94. The molecule has 2 rings (SSSR count). The van der Waals surface area contributed by atoms with E-state index in [1.54, 1.807) is 13.8 Å². The van der Waals surface area contributed by atoms with E-state index in [4.69, 9.17) is 14.2 Å². The Kier molecular flexibility index (Phi) is 8.26. The zero-order valence-electron chi connectivity index (χ0n) is 17.3. The monoisotopic (exact) mass is 400 g/mol. The predicted octanol–water partition coefficient (Wildman–Crippen LogP) is 3.20. The summed E-state index contributed by atoms with van der Waals surface area (Å²) in [6.45, 7) is 5.13. The van der Waals surface area contributed by atoms with Crippen LogP contribution in [-0.2, 0) is 35.0 Å². The third-order valence-corrected chi connectivity index (χ3v) is 4.76. The van der Waals surface area contributed by atoms with E-state index in [0.717, 1.165) is 18.4 Å². The van der Waals surface area contributed by atoms with E-state index < -0.39 is 23.5 Å². The first-order valence-corrected chi connectivity index (χ1v) is 10.0. The van der Waals surface area contributed by atoms with Crippen LogP contribution < -0.4 is 0 Å². The van der Waals surface area contributed by atoms with Crippen molar-refractivity contribution >= 4 is 17.9 Å². The Labute approximate surface area is 171 Å². The molecule has 1 aromatic rings. The summed E-state index contributed by atoms with van der Waals surface area (Å²) in [6, 6.07) is 7.31. The minimum absolute atomic E-state index is 0.128. The van der Waals surface area contributed by atoms with Crippen LogP contribution in [0.2, 0.25) is 0 Å². The second-order valence-electron chi connectivity index (χ2n) is 6.96. The van der Waals surface area contributed by atoms with Gasteiger partial charge in [-0.05, 0) is 63.5 Å². The molecule has 0 aliphatic heterocycles. The van der Waals surface area contributed by atoms with Gasteiger partial charge in [-0.25, -0.2) is 0 Å². The maximum Gasteiger partial charge on any atom is 0.320 e. The number of esters is 3. The minimum Gasteiger partial charge on any atom is -0.465 e. The lowest BCUT2D eigenvalue weighted by molar-refractivity contribution is -0.161. The van der Waals surface area contributed by atoms with Crippen LogP contribution in [0.3, 0.4) is 0 Å². The molecule has 1 saturated carbocycles. The minimum atomic E-state index is -1.05. The van der Waals surface area contributed by atoms with Gasteiger partial charge >= 0.3 is 17.9 Å². The Hall–Kier alpha value is -2.81. The molecule has 1 aromatic carbocycles. The Morgan fingerprint density at radius 2 is 1.62 bits per heavy atom. The number of hydrogen-bond acceptors (Lipinski definition) is 6. The summed E-state index contributed by atoms with van der Waals surface area (Å²) < 4.78 is 15.6. The number of hydrogen-bond donors (Lipinski definition) is 0. The largest absolute Gasteiger partial charge is 0.465 e. The van der Waals surface area contributed by atoms with Gasteiger partial charge < -0.3 is 14.2 Å². The van der Waals surface area contributed by atoms with Crippen LogP contribution in [0.15, 0.2) is 24.3 Å². The summed E-state index contributed by atoms with van der Waals surface area (Å²) in [4.78, 5) is 36.1. The van der Waals surface area contributed by atoms with Gasteiger partial charge in [0.05, 0.1) is 13.2 Å². The molecule has 0 amide bonds. The van der Waals surface area contributed by atoms with E-state index in [9.17, 15) is 14.4 Å². The molecular weight excluding hydrogens is 372 g/mol. The summed E-state index contributed by atoms with van der Waals surface area (Å²) >= 11 is 0. The fourth-order valence-corrected chi connectivity index (χ4v) is 3.44. The zero-order valence-corrected chi connectivity index (χ0v) is 17.3. The Balaban J connectivity index is 2.31. The van der Waals surface area contributed by atoms with E-state index in [0.29, 0.717) is 18.4 Å². The summed E-state index contributed by atoms with van der Waals surface area (Å²) in [5.74, 6) is 3.64. The first-order valence-electron chi connectivity index (χ1n) is 10.0. The van der Waals surface area contributed by atoms with E-state index in [2.05, 4.69) is 11.8 Å². The van der Waals surface area contributed by atoms with Crippen LogP contribution in [0, 0.1) is 17.8 Å². The standard InChI is InChI=1S/C23H28O6/c1-4-27-21(25)20(22(26)28-5-2)16-19-11-7-6-10-18(19)12-15-23(29-17(3)24)13-8-9-14-23/h6-7,10-11,20H,4-5,8-9,13-14,16H2,1-3H3. The highest BCUT2D eigenvalue weighted by molar-refractivity contribution is 5.95. The SMILES string of the molecule is CCOC(=O)C(Cc1ccccc1C#CC1(OC(C)=O)CCCC1)C(=O)OCC. The highest BCUT2D eigenvalue weighted by Crippen LogP contribution is 2.33. The quantitative estimate of drug-likeness (QED) is 0.303. The molecule has 1 fully saturated rings. The van der Waals surface area contributed by atoms with Gasteiger partial charge in [0.2, 0.25) is 0 Å². The number of carbonyl (C=O) groups excluding carboxylic acids is 3. The lowest BCUT2D eigenvalue weighted by Gasteiger charge is -2.22. The molecule has 0 saturated heterocycles. The van der Waals surface area contributed by atoms with Gasteiger partial charge in [0.25, 0.3) is 0 Å². The molecule has 1 aliphatic carbocycles. The van der Waals surface area contributed by atoms with Crippen molar-refractivity contribution in [2.75, 3.05) is 13.2 Å². The van der Waals surface area contributed by atoms with Crippen molar-refractivity contribution in [1.82, 2.24) is 0 Å². The normalized spacial score (nSPS) is 14.6. The highest BCUT2D eigenvalue weighted by Gasteiger charge is 2.35. The molecule has 29 heavy (non-hydrogen) atoms. The number of rotatable bonds is 7. The van der Waals surface area contributed by atoms with Gasteiger partial charge in [-0.1, -0.05) is 24.1 Å². The second kappa shape index (κ2) is 10.7. The molecule has 0 N–H and O–H groups in total. The van der Waals surface area contributed by atoms with Gasteiger partial charge in [-0.3, -0.25) is 14.4 Å². The average Bonchev–Trinajstić information content (AvgIpc) is 3.13. The molecule has 0 bridgehead atoms. The van der Waals surface area contributed by atoms with Crippen molar-refractivity contribution in [3.8, 4) is 11.8 Å². The van der Waals surface area contributed by atoms with Gasteiger partial charge in [0, 0.05) is 12.5 Å². The molecule has 6 nitrogen and oxygen atoms in total. The summed E-state index contributed by atoms with van der Waals surface area (Å²) in [5.41, 5.74) is 0.660. The van der Waals surface area contributed by atoms with Crippen molar-refractivity contribution in [2.24, 2.45) is 5.92 Å². The maximum absolute atomic E-state index is 12.3. The van der Waals surface area contributed by atoms with Gasteiger partial charge in [0.15, 0.2) is 11.5 Å². The third kappa shape index (κ3) is 6.35. The predicted molar refractivity (Wildman–Crippen MR) is 107 cm³/mol. The zero-order chi connectivity index (χ0) is 21.3. The van der Waals surface area contributed by atoms with Crippen LogP contribution in [-0.4, -0.2) is 36.7 Å². The first-order chi connectivity index (χ1) is 13.9. The van der Waals surface area contributed by atoms with Crippen LogP contribution in [0.25, 0.3) is 0 Å². The Morgan fingerprint density at radius 1 is 1.03 bits per heavy atom. The number of ether oxygens (including phenoxy) is 3. The van der Waals surface area contributed by atoms with Crippen LogP contribution in [0.5, 0.6) is 0 Å². The van der Waals surface area contributed by atoms with Crippen LogP contribution in [0.4, 0.5) is 0 Å². The Morgan fingerprint density at radius 3 is 2.17 bits per heavy atom. The molecule has 0 aromatic heterocycles. The molecule has 0 atom stereocenters. The summed E-state index contributed by atoms with van der Waals surface area (Å²) in [7, 11) is 0. The fraction of sp³-hybridized carbons (Fsp3) is 0.522. The molecule has 0 unspecified atom stereocenters. The summed E-state index contributed by atoms with van der Waals surface area (Å²) in [5, 5.41) is 0. The van der Waals surface area contributed by atoms with E-state index in [1.165, 1.54) is 6.92 Å². The smallest absolute Gasteiger partial charge is 0.320 e. The van der Waals surface area contributed by atoms with Gasteiger partial charge in [0.1, 0.15) is 0 Å². The van der Waals surface area contributed by atoms with Crippen LogP contribution >= 0.6 is 0 Å². The Bertz CT molecular complexity index is 777. The van der Waals surface area contributed by atoms with E-state index in [1.807, 2.05) is 24.3 Å². The third-order valence-electron chi connectivity index (χ3n) is 4.76. The van der Waals surface area contributed by atoms with Gasteiger partial charge in [-0.15, -0.1) is 0 Å². The number of carbonyl (C=O) groups is 3. The second-order valence-corrected chi connectivity index (χ2v) is 6.96. The number of benzene rings is 1. The van der Waals surface area contributed by atoms with Crippen molar-refractivity contribution in [3.05, 3.63) is 35.4 Å². The highest BCUT2D eigenvalue weighted by atomic mass is 16.6. The average molecular weight is 400 g/mol. The first kappa shape index (κ1) is 22.5. The molecule has 6 heteroatoms. The van der Waals surface area contributed by atoms with E-state index >= 15 is 0 Å². The molecule has 0 heterocycles. The molecule has 0 spiro atoms. The van der Waals surface area contributed by atoms with E-state index in [-0.39, 0.29) is 25.6 Å². The fourth-order valence-electron chi connectivity index (χ4n) is 3.44.